The summed E-state index contributed by atoms with van der Waals surface area (Å²) in [6, 6.07) is 5.18. The van der Waals surface area contributed by atoms with Crippen LogP contribution < -0.4 is 11.1 Å². The zero-order valence-electron chi connectivity index (χ0n) is 13.8. The SMILES string of the molecule is C=C(Nc1ccc2c(c1)[C@]1(CCC2)CS(=O)(=O)N(C)C(N)=N1)C(F)F. The smallest absolute Gasteiger partial charge is 0.277 e. The van der Waals surface area contributed by atoms with Crippen LogP contribution >= 0.6 is 0 Å². The van der Waals surface area contributed by atoms with Crippen LogP contribution in [0.1, 0.15) is 24.0 Å². The van der Waals surface area contributed by atoms with Gasteiger partial charge in [0.1, 0.15) is 5.54 Å². The number of fused-ring (bicyclic) bond motifs is 2. The van der Waals surface area contributed by atoms with E-state index in [0.29, 0.717) is 17.7 Å². The fourth-order valence-corrected chi connectivity index (χ4v) is 4.87. The lowest BCUT2D eigenvalue weighted by atomic mass is 9.77. The second kappa shape index (κ2) is 5.98. The first-order valence-electron chi connectivity index (χ1n) is 7.84. The maximum absolute atomic E-state index is 12.7. The molecule has 1 aliphatic carbocycles. The Morgan fingerprint density at radius 1 is 1.48 bits per heavy atom. The predicted molar refractivity (Wildman–Crippen MR) is 93.0 cm³/mol. The van der Waals surface area contributed by atoms with Gasteiger partial charge in [-0.3, -0.25) is 0 Å². The minimum atomic E-state index is -3.59. The Bertz CT molecular complexity index is 854. The molecule has 3 rings (SSSR count). The maximum Gasteiger partial charge on any atom is 0.277 e. The van der Waals surface area contributed by atoms with Gasteiger partial charge < -0.3 is 11.1 Å². The number of nitrogens with zero attached hydrogens (tertiary/aromatic N) is 2. The van der Waals surface area contributed by atoms with Crippen LogP contribution in [0.5, 0.6) is 0 Å². The zero-order valence-corrected chi connectivity index (χ0v) is 14.6. The van der Waals surface area contributed by atoms with E-state index in [-0.39, 0.29) is 11.7 Å². The molecule has 3 N–H and O–H groups in total. The standard InChI is InChI=1S/C16H20F2N4O2S/c1-10(14(17)18)20-12-6-5-11-4-3-7-16(13(11)8-12)9-25(23,24)22(2)15(19)21-16/h5-6,8,14,20H,1,3-4,7,9H2,2H3,(H2,19,21)/t16-/m0/s1. The molecule has 0 aromatic heterocycles. The fourth-order valence-electron chi connectivity index (χ4n) is 3.38. The molecule has 0 saturated carbocycles. The molecule has 1 aromatic carbocycles. The number of hydrogen-bond donors (Lipinski definition) is 2. The lowest BCUT2D eigenvalue weighted by molar-refractivity contribution is 0.192. The van der Waals surface area contributed by atoms with Gasteiger partial charge in [-0.15, -0.1) is 0 Å². The molecule has 1 spiro atoms. The van der Waals surface area contributed by atoms with Crippen LogP contribution in [0.4, 0.5) is 14.5 Å². The number of guanidine groups is 1. The molecule has 25 heavy (non-hydrogen) atoms. The summed E-state index contributed by atoms with van der Waals surface area (Å²) >= 11 is 0. The van der Waals surface area contributed by atoms with Crippen molar-refractivity contribution < 1.29 is 17.2 Å². The second-order valence-corrected chi connectivity index (χ2v) is 8.40. The molecule has 0 saturated heterocycles. The average molecular weight is 370 g/mol. The number of sulfonamides is 1. The van der Waals surface area contributed by atoms with Crippen LogP contribution in [0.25, 0.3) is 0 Å². The molecule has 0 bridgehead atoms. The van der Waals surface area contributed by atoms with Crippen molar-refractivity contribution in [2.75, 3.05) is 18.1 Å². The highest BCUT2D eigenvalue weighted by molar-refractivity contribution is 7.89. The molecule has 1 heterocycles. The Hall–Kier alpha value is -2.16. The number of nitrogens with one attached hydrogen (secondary N) is 1. The zero-order chi connectivity index (χ0) is 18.4. The quantitative estimate of drug-likeness (QED) is 0.852. The van der Waals surface area contributed by atoms with Gasteiger partial charge in [0.05, 0.1) is 11.4 Å². The number of allylic oxidation sites excluding steroid dienone is 1. The third kappa shape index (κ3) is 3.08. The summed E-state index contributed by atoms with van der Waals surface area (Å²) < 4.78 is 51.3. The summed E-state index contributed by atoms with van der Waals surface area (Å²) in [5, 5.41) is 2.57. The number of nitrogens with two attached hydrogens (primary N) is 1. The summed E-state index contributed by atoms with van der Waals surface area (Å²) in [5.74, 6) is -0.252. The largest absolute Gasteiger partial charge is 0.369 e. The Balaban J connectivity index is 2.08. The maximum atomic E-state index is 12.7. The first-order chi connectivity index (χ1) is 11.6. The summed E-state index contributed by atoms with van der Waals surface area (Å²) in [4.78, 5) is 4.49. The predicted octanol–water partition coefficient (Wildman–Crippen LogP) is 2.00. The topological polar surface area (TPSA) is 87.8 Å². The van der Waals surface area contributed by atoms with Crippen molar-refractivity contribution in [1.29, 1.82) is 0 Å². The highest BCUT2D eigenvalue weighted by atomic mass is 32.2. The van der Waals surface area contributed by atoms with Gasteiger partial charge in [0.2, 0.25) is 16.0 Å². The molecule has 136 valence electrons. The first-order valence-corrected chi connectivity index (χ1v) is 9.45. The number of rotatable bonds is 3. The molecular weight excluding hydrogens is 350 g/mol. The van der Waals surface area contributed by atoms with Crippen LogP contribution in [-0.2, 0) is 22.0 Å². The van der Waals surface area contributed by atoms with Crippen molar-refractivity contribution in [2.24, 2.45) is 10.7 Å². The van der Waals surface area contributed by atoms with Crippen molar-refractivity contribution >= 4 is 21.7 Å². The summed E-state index contributed by atoms with van der Waals surface area (Å²) in [5.41, 5.74) is 6.54. The van der Waals surface area contributed by atoms with Gasteiger partial charge in [-0.2, -0.15) is 0 Å². The van der Waals surface area contributed by atoms with Crippen molar-refractivity contribution in [1.82, 2.24) is 4.31 Å². The van der Waals surface area contributed by atoms with Crippen molar-refractivity contribution in [3.05, 3.63) is 41.6 Å². The molecule has 0 fully saturated rings. The Kier molecular flexibility index (Phi) is 4.22. The minimum absolute atomic E-state index is 0.0607. The number of hydrogen-bond acceptors (Lipinski definition) is 5. The van der Waals surface area contributed by atoms with Gasteiger partial charge in [0.25, 0.3) is 6.43 Å². The molecule has 2 aliphatic rings. The third-order valence-corrected chi connectivity index (χ3v) is 6.57. The Morgan fingerprint density at radius 3 is 2.84 bits per heavy atom. The highest BCUT2D eigenvalue weighted by Crippen LogP contribution is 2.43. The van der Waals surface area contributed by atoms with Gasteiger partial charge in [-0.05, 0) is 42.5 Å². The molecule has 0 amide bonds. The van der Waals surface area contributed by atoms with E-state index in [2.05, 4.69) is 16.9 Å². The molecule has 1 atom stereocenters. The van der Waals surface area contributed by atoms with Crippen LogP contribution in [0.15, 0.2) is 35.5 Å². The van der Waals surface area contributed by atoms with E-state index >= 15 is 0 Å². The van der Waals surface area contributed by atoms with E-state index in [1.54, 1.807) is 12.1 Å². The summed E-state index contributed by atoms with van der Waals surface area (Å²) in [6.45, 7) is 3.30. The molecule has 0 unspecified atom stereocenters. The van der Waals surface area contributed by atoms with Crippen molar-refractivity contribution in [3.63, 3.8) is 0 Å². The Labute approximate surface area is 145 Å². The van der Waals surface area contributed by atoms with E-state index in [4.69, 9.17) is 5.73 Å². The number of aryl methyl sites for hydroxylation is 1. The number of anilines is 1. The fraction of sp³-hybridized carbons (Fsp3) is 0.438. The molecular formula is C16H20F2N4O2S. The summed E-state index contributed by atoms with van der Waals surface area (Å²) in [7, 11) is -2.22. The lowest BCUT2D eigenvalue weighted by Crippen LogP contribution is -2.52. The number of alkyl halides is 2. The van der Waals surface area contributed by atoms with E-state index in [0.717, 1.165) is 22.7 Å². The van der Waals surface area contributed by atoms with Gasteiger partial charge >= 0.3 is 0 Å². The molecule has 6 nitrogen and oxygen atoms in total. The molecule has 9 heteroatoms. The van der Waals surface area contributed by atoms with Crippen molar-refractivity contribution in [3.8, 4) is 0 Å². The van der Waals surface area contributed by atoms with Gasteiger partial charge in [-0.25, -0.2) is 26.5 Å². The van der Waals surface area contributed by atoms with Crippen LogP contribution in [-0.4, -0.2) is 37.9 Å². The van der Waals surface area contributed by atoms with E-state index < -0.39 is 27.7 Å². The van der Waals surface area contributed by atoms with E-state index in [1.807, 2.05) is 6.07 Å². The third-order valence-electron chi connectivity index (χ3n) is 4.71. The van der Waals surface area contributed by atoms with Gasteiger partial charge in [0, 0.05) is 12.7 Å². The Morgan fingerprint density at radius 2 is 2.20 bits per heavy atom. The molecule has 1 aromatic rings. The van der Waals surface area contributed by atoms with Crippen LogP contribution in [0.2, 0.25) is 0 Å². The lowest BCUT2D eigenvalue weighted by Gasteiger charge is -2.40. The van der Waals surface area contributed by atoms with Crippen LogP contribution in [0.3, 0.4) is 0 Å². The summed E-state index contributed by atoms with van der Waals surface area (Å²) in [6.07, 6.45) is -0.604. The normalized spacial score (nSPS) is 24.8. The van der Waals surface area contributed by atoms with E-state index in [1.165, 1.54) is 7.05 Å². The van der Waals surface area contributed by atoms with Crippen LogP contribution in [0, 0.1) is 0 Å². The molecule has 1 aliphatic heterocycles. The average Bonchev–Trinajstić information content (AvgIpc) is 2.53. The number of halogens is 2. The van der Waals surface area contributed by atoms with E-state index in [9.17, 15) is 17.2 Å². The van der Waals surface area contributed by atoms with Crippen molar-refractivity contribution in [2.45, 2.75) is 31.2 Å². The monoisotopic (exact) mass is 370 g/mol. The highest BCUT2D eigenvalue weighted by Gasteiger charge is 2.45. The molecule has 0 radical (unpaired) electrons. The minimum Gasteiger partial charge on any atom is -0.369 e. The van der Waals surface area contributed by atoms with Gasteiger partial charge in [-0.1, -0.05) is 12.6 Å². The number of aliphatic imine (C=N–C) groups is 1. The van der Waals surface area contributed by atoms with Gasteiger partial charge in [0.15, 0.2) is 0 Å². The first kappa shape index (κ1) is 17.7. The second-order valence-electron chi connectivity index (χ2n) is 6.40. The number of benzene rings is 1.